The van der Waals surface area contributed by atoms with Gasteiger partial charge in [-0.25, -0.2) is 9.97 Å². The van der Waals surface area contributed by atoms with Gasteiger partial charge < -0.3 is 0 Å². The summed E-state index contributed by atoms with van der Waals surface area (Å²) in [7, 11) is 0. The second kappa shape index (κ2) is 5.15. The maximum Gasteiger partial charge on any atom is 0.269 e. The minimum Gasteiger partial charge on any atom is -0.258 e. The van der Waals surface area contributed by atoms with Crippen molar-refractivity contribution < 1.29 is 4.92 Å². The van der Waals surface area contributed by atoms with Crippen LogP contribution in [0.2, 0.25) is 5.15 Å². The van der Waals surface area contributed by atoms with Crippen molar-refractivity contribution >= 4 is 39.9 Å². The molecule has 0 amide bonds. The second-order valence-corrected chi connectivity index (χ2v) is 4.98. The molecule has 7 heteroatoms. The van der Waals surface area contributed by atoms with E-state index in [0.29, 0.717) is 16.5 Å². The molecule has 0 saturated heterocycles. The molecule has 0 aliphatic carbocycles. The predicted octanol–water partition coefficient (Wildman–Crippen LogP) is 3.62. The molecule has 0 spiro atoms. The predicted molar refractivity (Wildman–Crippen MR) is 76.6 cm³/mol. The lowest BCUT2D eigenvalue weighted by Crippen LogP contribution is -1.96. The van der Waals surface area contributed by atoms with Crippen LogP contribution >= 0.6 is 34.2 Å². The lowest BCUT2D eigenvalue weighted by Gasteiger charge is -2.04. The number of nitro benzene ring substituents is 1. The van der Waals surface area contributed by atoms with E-state index >= 15 is 0 Å². The lowest BCUT2D eigenvalue weighted by atomic mass is 10.2. The van der Waals surface area contributed by atoms with Crippen LogP contribution in [0.1, 0.15) is 5.69 Å². The normalized spacial score (nSPS) is 10.4. The van der Waals surface area contributed by atoms with Gasteiger partial charge in [0.15, 0.2) is 5.82 Å². The van der Waals surface area contributed by atoms with Gasteiger partial charge in [-0.15, -0.1) is 0 Å². The van der Waals surface area contributed by atoms with Crippen molar-refractivity contribution in [2.24, 2.45) is 0 Å². The summed E-state index contributed by atoms with van der Waals surface area (Å²) in [4.78, 5) is 18.6. The van der Waals surface area contributed by atoms with Crippen LogP contribution in [0.4, 0.5) is 5.69 Å². The number of halogens is 2. The first kappa shape index (κ1) is 13.2. The van der Waals surface area contributed by atoms with Crippen molar-refractivity contribution in [2.45, 2.75) is 6.92 Å². The van der Waals surface area contributed by atoms with Crippen LogP contribution in [0.15, 0.2) is 24.3 Å². The minimum absolute atomic E-state index is 0.0343. The molecule has 0 saturated carbocycles. The number of aryl methyl sites for hydroxylation is 1. The molecular weight excluding hydrogens is 368 g/mol. The Morgan fingerprint density at radius 2 is 1.89 bits per heavy atom. The van der Waals surface area contributed by atoms with E-state index in [0.717, 1.165) is 9.26 Å². The summed E-state index contributed by atoms with van der Waals surface area (Å²) >= 11 is 8.06. The van der Waals surface area contributed by atoms with Crippen LogP contribution in [-0.2, 0) is 0 Å². The Morgan fingerprint density at radius 1 is 1.28 bits per heavy atom. The number of aromatic nitrogens is 2. The van der Waals surface area contributed by atoms with Crippen molar-refractivity contribution in [3.8, 4) is 11.4 Å². The molecule has 2 rings (SSSR count). The van der Waals surface area contributed by atoms with Gasteiger partial charge in [-0.3, -0.25) is 10.1 Å². The lowest BCUT2D eigenvalue weighted by molar-refractivity contribution is -0.384. The van der Waals surface area contributed by atoms with E-state index in [2.05, 4.69) is 32.6 Å². The quantitative estimate of drug-likeness (QED) is 0.348. The largest absolute Gasteiger partial charge is 0.269 e. The summed E-state index contributed by atoms with van der Waals surface area (Å²) in [6, 6.07) is 6.05. The van der Waals surface area contributed by atoms with E-state index in [1.165, 1.54) is 12.1 Å². The zero-order valence-electron chi connectivity index (χ0n) is 9.22. The smallest absolute Gasteiger partial charge is 0.258 e. The highest BCUT2D eigenvalue weighted by molar-refractivity contribution is 14.1. The molecule has 1 aromatic heterocycles. The zero-order valence-corrected chi connectivity index (χ0v) is 12.1. The number of benzene rings is 1. The SMILES string of the molecule is Cc1nc(-c2ccc([N+](=O)[O-])cc2)nc(Cl)c1I. The molecule has 0 N–H and O–H groups in total. The number of hydrogen-bond donors (Lipinski definition) is 0. The summed E-state index contributed by atoms with van der Waals surface area (Å²) in [5.74, 6) is 0.466. The van der Waals surface area contributed by atoms with Gasteiger partial charge in [0, 0.05) is 17.7 Å². The van der Waals surface area contributed by atoms with Gasteiger partial charge in [-0.05, 0) is 41.6 Å². The molecule has 0 bridgehead atoms. The van der Waals surface area contributed by atoms with Crippen LogP contribution in [0.25, 0.3) is 11.4 Å². The van der Waals surface area contributed by atoms with Crippen molar-refractivity contribution in [3.05, 3.63) is 48.8 Å². The number of nitro groups is 1. The average molecular weight is 376 g/mol. The van der Waals surface area contributed by atoms with Crippen LogP contribution < -0.4 is 0 Å². The highest BCUT2D eigenvalue weighted by Gasteiger charge is 2.10. The van der Waals surface area contributed by atoms with Crippen LogP contribution in [0, 0.1) is 20.6 Å². The van der Waals surface area contributed by atoms with E-state index in [4.69, 9.17) is 11.6 Å². The summed E-state index contributed by atoms with van der Waals surface area (Å²) < 4.78 is 0.805. The topological polar surface area (TPSA) is 68.9 Å². The monoisotopic (exact) mass is 375 g/mol. The molecule has 2 aromatic rings. The van der Waals surface area contributed by atoms with E-state index in [9.17, 15) is 10.1 Å². The second-order valence-electron chi connectivity index (χ2n) is 3.54. The molecule has 0 atom stereocenters. The summed E-state index contributed by atoms with van der Waals surface area (Å²) in [6.45, 7) is 1.84. The Kier molecular flexibility index (Phi) is 3.76. The van der Waals surface area contributed by atoms with Crippen molar-refractivity contribution in [1.82, 2.24) is 9.97 Å². The third-order valence-corrected chi connectivity index (χ3v) is 4.20. The Balaban J connectivity index is 2.46. The third-order valence-electron chi connectivity index (χ3n) is 2.31. The molecule has 92 valence electrons. The fourth-order valence-electron chi connectivity index (χ4n) is 1.39. The number of rotatable bonds is 2. The molecule has 0 aliphatic rings. The Labute approximate surface area is 122 Å². The standard InChI is InChI=1S/C11H7ClIN3O2/c1-6-9(13)10(12)15-11(14-6)7-2-4-8(5-3-7)16(17)18/h2-5H,1H3. The van der Waals surface area contributed by atoms with Gasteiger partial charge in [-0.2, -0.15) is 0 Å². The molecule has 0 aliphatic heterocycles. The van der Waals surface area contributed by atoms with Gasteiger partial charge in [-0.1, -0.05) is 11.6 Å². The van der Waals surface area contributed by atoms with Gasteiger partial charge >= 0.3 is 0 Å². The average Bonchev–Trinajstić information content (AvgIpc) is 2.35. The van der Waals surface area contributed by atoms with E-state index in [1.54, 1.807) is 12.1 Å². The van der Waals surface area contributed by atoms with Gasteiger partial charge in [0.2, 0.25) is 0 Å². The molecule has 18 heavy (non-hydrogen) atoms. The molecule has 1 heterocycles. The molecule has 0 unspecified atom stereocenters. The summed E-state index contributed by atoms with van der Waals surface area (Å²) in [5.41, 5.74) is 1.51. The number of non-ortho nitro benzene ring substituents is 1. The molecule has 1 aromatic carbocycles. The minimum atomic E-state index is -0.448. The Hall–Kier alpha value is -1.28. The first-order valence-electron chi connectivity index (χ1n) is 4.93. The Bertz CT molecular complexity index is 593. The molecule has 0 fully saturated rings. The van der Waals surface area contributed by atoms with E-state index in [-0.39, 0.29) is 5.69 Å². The van der Waals surface area contributed by atoms with Gasteiger partial charge in [0.1, 0.15) is 5.15 Å². The molecule has 5 nitrogen and oxygen atoms in total. The van der Waals surface area contributed by atoms with Crippen LogP contribution in [0.3, 0.4) is 0 Å². The fourth-order valence-corrected chi connectivity index (χ4v) is 1.84. The van der Waals surface area contributed by atoms with Crippen molar-refractivity contribution in [2.75, 3.05) is 0 Å². The maximum absolute atomic E-state index is 10.6. The first-order valence-corrected chi connectivity index (χ1v) is 6.39. The van der Waals surface area contributed by atoms with E-state index in [1.807, 2.05) is 6.92 Å². The fraction of sp³-hybridized carbons (Fsp3) is 0.0909. The summed E-state index contributed by atoms with van der Waals surface area (Å²) in [5, 5.41) is 10.9. The van der Waals surface area contributed by atoms with Crippen LogP contribution in [-0.4, -0.2) is 14.9 Å². The highest BCUT2D eigenvalue weighted by atomic mass is 127. The number of nitrogens with zero attached hydrogens (tertiary/aromatic N) is 3. The van der Waals surface area contributed by atoms with Crippen molar-refractivity contribution in [1.29, 1.82) is 0 Å². The Morgan fingerprint density at radius 3 is 2.39 bits per heavy atom. The van der Waals surface area contributed by atoms with E-state index < -0.39 is 4.92 Å². The van der Waals surface area contributed by atoms with Gasteiger partial charge in [0.25, 0.3) is 5.69 Å². The molecule has 0 radical (unpaired) electrons. The van der Waals surface area contributed by atoms with Crippen LogP contribution in [0.5, 0.6) is 0 Å². The maximum atomic E-state index is 10.6. The zero-order chi connectivity index (χ0) is 13.3. The third kappa shape index (κ3) is 2.59. The summed E-state index contributed by atoms with van der Waals surface area (Å²) in [6.07, 6.45) is 0. The highest BCUT2D eigenvalue weighted by Crippen LogP contribution is 2.24. The first-order chi connectivity index (χ1) is 8.49. The molecular formula is C11H7ClIN3O2. The van der Waals surface area contributed by atoms with Crippen molar-refractivity contribution in [3.63, 3.8) is 0 Å². The number of hydrogen-bond acceptors (Lipinski definition) is 4. The van der Waals surface area contributed by atoms with Gasteiger partial charge in [0.05, 0.1) is 14.2 Å².